The molecule has 1 heterocycles. The third kappa shape index (κ3) is 6.24. The number of thiophene rings is 1. The van der Waals surface area contributed by atoms with Crippen LogP contribution in [0.25, 0.3) is 6.08 Å². The molecule has 94 valence electrons. The first-order valence-corrected chi connectivity index (χ1v) is 6.70. The van der Waals surface area contributed by atoms with Gasteiger partial charge in [-0.2, -0.15) is 0 Å². The maximum atomic E-state index is 11.4. The first kappa shape index (κ1) is 13.9. The molecule has 0 aliphatic heterocycles. The molecule has 0 fully saturated rings. The molecule has 3 nitrogen and oxygen atoms in total. The van der Waals surface area contributed by atoms with Crippen molar-refractivity contribution in [1.29, 1.82) is 0 Å². The zero-order chi connectivity index (χ0) is 12.5. The first-order chi connectivity index (χ1) is 8.22. The fraction of sp³-hybridized carbons (Fsp3) is 0.462. The fourth-order valence-electron chi connectivity index (χ4n) is 1.36. The van der Waals surface area contributed by atoms with Gasteiger partial charge in [0, 0.05) is 24.1 Å². The molecule has 0 spiro atoms. The molecular weight excluding hydrogens is 234 g/mol. The Labute approximate surface area is 106 Å². The molecule has 0 aromatic carbocycles. The Hall–Kier alpha value is -1.13. The number of rotatable bonds is 7. The zero-order valence-electron chi connectivity index (χ0n) is 10.1. The van der Waals surface area contributed by atoms with Gasteiger partial charge in [0.2, 0.25) is 5.91 Å². The van der Waals surface area contributed by atoms with Crippen LogP contribution in [0.4, 0.5) is 0 Å². The van der Waals surface area contributed by atoms with Crippen LogP contribution in [0.15, 0.2) is 23.6 Å². The van der Waals surface area contributed by atoms with Gasteiger partial charge in [-0.05, 0) is 36.3 Å². The van der Waals surface area contributed by atoms with Gasteiger partial charge in [0.25, 0.3) is 0 Å². The van der Waals surface area contributed by atoms with E-state index in [2.05, 4.69) is 5.32 Å². The molecule has 0 saturated carbocycles. The molecule has 1 amide bonds. The largest absolute Gasteiger partial charge is 0.396 e. The van der Waals surface area contributed by atoms with Gasteiger partial charge >= 0.3 is 0 Å². The average molecular weight is 253 g/mol. The lowest BCUT2D eigenvalue weighted by molar-refractivity contribution is -0.116. The van der Waals surface area contributed by atoms with Crippen LogP contribution in [0.5, 0.6) is 0 Å². The second-order valence-corrected chi connectivity index (χ2v) is 5.05. The van der Waals surface area contributed by atoms with Crippen LogP contribution in [0.2, 0.25) is 0 Å². The highest BCUT2D eigenvalue weighted by molar-refractivity contribution is 7.10. The second-order valence-electron chi connectivity index (χ2n) is 4.07. The van der Waals surface area contributed by atoms with Crippen LogP contribution < -0.4 is 5.32 Å². The fourth-order valence-corrected chi connectivity index (χ4v) is 1.97. The van der Waals surface area contributed by atoms with Crippen LogP contribution in [0.1, 0.15) is 24.6 Å². The number of hydrogen-bond acceptors (Lipinski definition) is 3. The van der Waals surface area contributed by atoms with E-state index in [-0.39, 0.29) is 12.5 Å². The summed E-state index contributed by atoms with van der Waals surface area (Å²) >= 11 is 1.61. The van der Waals surface area contributed by atoms with Crippen LogP contribution >= 0.6 is 11.3 Å². The minimum Gasteiger partial charge on any atom is -0.396 e. The highest BCUT2D eigenvalue weighted by Gasteiger charge is 2.00. The number of hydrogen-bond donors (Lipinski definition) is 2. The number of carbonyl (C=O) groups is 1. The SMILES string of the molecule is CC(CO)CCCNC(=O)/C=C/c1cccs1. The summed E-state index contributed by atoms with van der Waals surface area (Å²) in [6, 6.07) is 3.93. The van der Waals surface area contributed by atoms with E-state index in [4.69, 9.17) is 5.11 Å². The molecule has 0 aliphatic carbocycles. The van der Waals surface area contributed by atoms with Crippen LogP contribution in [-0.4, -0.2) is 24.2 Å². The van der Waals surface area contributed by atoms with Gasteiger partial charge in [-0.1, -0.05) is 13.0 Å². The molecule has 17 heavy (non-hydrogen) atoms. The van der Waals surface area contributed by atoms with Gasteiger partial charge < -0.3 is 10.4 Å². The molecule has 0 aliphatic rings. The van der Waals surface area contributed by atoms with Gasteiger partial charge in [-0.25, -0.2) is 0 Å². The Bertz CT molecular complexity index is 346. The Morgan fingerprint density at radius 2 is 2.47 bits per heavy atom. The molecule has 4 heteroatoms. The van der Waals surface area contributed by atoms with Crippen molar-refractivity contribution in [3.8, 4) is 0 Å². The monoisotopic (exact) mass is 253 g/mol. The van der Waals surface area contributed by atoms with Crippen molar-refractivity contribution in [2.45, 2.75) is 19.8 Å². The summed E-state index contributed by atoms with van der Waals surface area (Å²) in [6.07, 6.45) is 5.21. The minimum atomic E-state index is -0.0601. The number of nitrogens with one attached hydrogen (secondary N) is 1. The Balaban J connectivity index is 2.13. The van der Waals surface area contributed by atoms with E-state index in [1.807, 2.05) is 30.5 Å². The van der Waals surface area contributed by atoms with Gasteiger partial charge in [0.05, 0.1) is 0 Å². The van der Waals surface area contributed by atoms with Gasteiger partial charge in [-0.3, -0.25) is 4.79 Å². The van der Waals surface area contributed by atoms with Crippen molar-refractivity contribution in [1.82, 2.24) is 5.32 Å². The Morgan fingerprint density at radius 1 is 1.65 bits per heavy atom. The van der Waals surface area contributed by atoms with Gasteiger partial charge in [0.1, 0.15) is 0 Å². The minimum absolute atomic E-state index is 0.0601. The predicted molar refractivity (Wildman–Crippen MR) is 71.8 cm³/mol. The Kier molecular flexibility index (Phi) is 6.58. The van der Waals surface area contributed by atoms with Gasteiger partial charge in [-0.15, -0.1) is 11.3 Å². The summed E-state index contributed by atoms with van der Waals surface area (Å²) in [5.41, 5.74) is 0. The third-order valence-corrected chi connectivity index (χ3v) is 3.26. The number of carbonyl (C=O) groups excluding carboxylic acids is 1. The molecule has 1 unspecified atom stereocenters. The summed E-state index contributed by atoms with van der Waals surface area (Å²) in [4.78, 5) is 12.5. The van der Waals surface area contributed by atoms with E-state index in [1.54, 1.807) is 17.4 Å². The molecule has 0 radical (unpaired) electrons. The maximum absolute atomic E-state index is 11.4. The lowest BCUT2D eigenvalue weighted by atomic mass is 10.1. The summed E-state index contributed by atoms with van der Waals surface area (Å²) in [6.45, 7) is 2.88. The molecule has 1 aromatic rings. The topological polar surface area (TPSA) is 49.3 Å². The second kappa shape index (κ2) is 8.03. The molecule has 0 bridgehead atoms. The Morgan fingerprint density at radius 3 is 3.12 bits per heavy atom. The highest BCUT2D eigenvalue weighted by atomic mass is 32.1. The smallest absolute Gasteiger partial charge is 0.244 e. The normalized spacial score (nSPS) is 12.8. The molecule has 1 aromatic heterocycles. The summed E-state index contributed by atoms with van der Waals surface area (Å²) < 4.78 is 0. The highest BCUT2D eigenvalue weighted by Crippen LogP contribution is 2.09. The molecule has 2 N–H and O–H groups in total. The lowest BCUT2D eigenvalue weighted by Gasteiger charge is -2.07. The van der Waals surface area contributed by atoms with E-state index in [9.17, 15) is 4.79 Å². The van der Waals surface area contributed by atoms with Crippen molar-refractivity contribution >= 4 is 23.3 Å². The summed E-state index contributed by atoms with van der Waals surface area (Å²) in [5, 5.41) is 13.6. The van der Waals surface area contributed by atoms with Crippen molar-refractivity contribution < 1.29 is 9.90 Å². The third-order valence-electron chi connectivity index (χ3n) is 2.43. The number of amides is 1. The van der Waals surface area contributed by atoms with Crippen molar-refractivity contribution in [3.05, 3.63) is 28.5 Å². The summed E-state index contributed by atoms with van der Waals surface area (Å²) in [7, 11) is 0. The van der Waals surface area contributed by atoms with E-state index in [1.165, 1.54) is 0 Å². The van der Waals surface area contributed by atoms with Crippen molar-refractivity contribution in [2.24, 2.45) is 5.92 Å². The molecule has 1 rings (SSSR count). The molecular formula is C13H19NO2S. The summed E-state index contributed by atoms with van der Waals surface area (Å²) in [5.74, 6) is 0.253. The van der Waals surface area contributed by atoms with Crippen molar-refractivity contribution in [2.75, 3.05) is 13.2 Å². The number of aliphatic hydroxyl groups excluding tert-OH is 1. The van der Waals surface area contributed by atoms with E-state index >= 15 is 0 Å². The maximum Gasteiger partial charge on any atom is 0.244 e. The standard InChI is InChI=1S/C13H19NO2S/c1-11(10-15)4-2-8-14-13(16)7-6-12-5-3-9-17-12/h3,5-7,9,11,15H,2,4,8,10H2,1H3,(H,14,16)/b7-6+. The quantitative estimate of drug-likeness (QED) is 0.578. The van der Waals surface area contributed by atoms with Crippen LogP contribution in [0.3, 0.4) is 0 Å². The molecule has 0 saturated heterocycles. The lowest BCUT2D eigenvalue weighted by Crippen LogP contribution is -2.22. The first-order valence-electron chi connectivity index (χ1n) is 5.82. The van der Waals surface area contributed by atoms with Crippen molar-refractivity contribution in [3.63, 3.8) is 0 Å². The van der Waals surface area contributed by atoms with Crippen LogP contribution in [0, 0.1) is 5.92 Å². The molecule has 1 atom stereocenters. The van der Waals surface area contributed by atoms with Gasteiger partial charge in [0.15, 0.2) is 0 Å². The predicted octanol–water partition coefficient (Wildman–Crippen LogP) is 2.29. The zero-order valence-corrected chi connectivity index (χ0v) is 10.9. The van der Waals surface area contributed by atoms with E-state index in [0.717, 1.165) is 17.7 Å². The van der Waals surface area contributed by atoms with Crippen LogP contribution in [-0.2, 0) is 4.79 Å². The van der Waals surface area contributed by atoms with E-state index in [0.29, 0.717) is 12.5 Å². The average Bonchev–Trinajstić information content (AvgIpc) is 2.84. The number of aliphatic hydroxyl groups is 1. The van der Waals surface area contributed by atoms with E-state index < -0.39 is 0 Å².